The molecule has 82 valence electrons. The van der Waals surface area contributed by atoms with E-state index in [-0.39, 0.29) is 5.54 Å². The number of pyridine rings is 1. The molecule has 15 heavy (non-hydrogen) atoms. The highest BCUT2D eigenvalue weighted by Crippen LogP contribution is 2.41. The Morgan fingerprint density at radius 1 is 1.67 bits per heavy atom. The van der Waals surface area contributed by atoms with Crippen LogP contribution < -0.4 is 11.1 Å². The minimum atomic E-state index is -0.0367. The van der Waals surface area contributed by atoms with E-state index >= 15 is 0 Å². The number of rotatable bonds is 4. The van der Waals surface area contributed by atoms with Crippen LogP contribution in [0.5, 0.6) is 0 Å². The van der Waals surface area contributed by atoms with Crippen molar-refractivity contribution in [1.82, 2.24) is 4.98 Å². The third-order valence-electron chi connectivity index (χ3n) is 3.10. The van der Waals surface area contributed by atoms with Crippen molar-refractivity contribution in [3.63, 3.8) is 0 Å². The van der Waals surface area contributed by atoms with E-state index in [4.69, 9.17) is 17.3 Å². The van der Waals surface area contributed by atoms with Gasteiger partial charge in [-0.05, 0) is 31.7 Å². The molecular weight excluding hydrogens is 210 g/mol. The van der Waals surface area contributed by atoms with Gasteiger partial charge in [-0.2, -0.15) is 0 Å². The van der Waals surface area contributed by atoms with Crippen molar-refractivity contribution in [2.75, 3.05) is 11.9 Å². The van der Waals surface area contributed by atoms with Gasteiger partial charge in [0.2, 0.25) is 0 Å². The molecule has 0 bridgehead atoms. The molecule has 1 aromatic heterocycles. The summed E-state index contributed by atoms with van der Waals surface area (Å²) in [6.07, 6.45) is 5.89. The van der Waals surface area contributed by atoms with E-state index in [0.717, 1.165) is 5.69 Å². The van der Waals surface area contributed by atoms with Gasteiger partial charge in [0, 0.05) is 24.5 Å². The number of anilines is 1. The second-order valence-electron chi connectivity index (χ2n) is 4.38. The van der Waals surface area contributed by atoms with E-state index in [0.29, 0.717) is 17.5 Å². The zero-order valence-electron chi connectivity index (χ0n) is 8.83. The third-order valence-corrected chi connectivity index (χ3v) is 3.40. The average molecular weight is 226 g/mol. The predicted molar refractivity (Wildman–Crippen MR) is 63.1 cm³/mol. The van der Waals surface area contributed by atoms with Gasteiger partial charge in [-0.25, -0.2) is 0 Å². The first-order valence-electron chi connectivity index (χ1n) is 5.23. The smallest absolute Gasteiger partial charge is 0.0820 e. The summed E-state index contributed by atoms with van der Waals surface area (Å²) in [4.78, 5) is 3.96. The van der Waals surface area contributed by atoms with Crippen LogP contribution >= 0.6 is 11.6 Å². The van der Waals surface area contributed by atoms with E-state index in [1.807, 2.05) is 6.07 Å². The molecule has 0 spiro atoms. The second-order valence-corrected chi connectivity index (χ2v) is 4.78. The number of hydrogen-bond donors (Lipinski definition) is 2. The molecule has 0 radical (unpaired) electrons. The minimum Gasteiger partial charge on any atom is -0.377 e. The van der Waals surface area contributed by atoms with Gasteiger partial charge in [0.05, 0.1) is 10.7 Å². The zero-order valence-corrected chi connectivity index (χ0v) is 9.59. The molecule has 1 heterocycles. The summed E-state index contributed by atoms with van der Waals surface area (Å²) >= 11 is 6.05. The topological polar surface area (TPSA) is 50.9 Å². The number of nitrogens with two attached hydrogens (primary N) is 1. The van der Waals surface area contributed by atoms with Gasteiger partial charge in [0.15, 0.2) is 0 Å². The Bertz CT molecular complexity index is 351. The molecule has 1 fully saturated rings. The van der Waals surface area contributed by atoms with Crippen LogP contribution in [0.4, 0.5) is 5.69 Å². The lowest BCUT2D eigenvalue weighted by Gasteiger charge is -2.31. The van der Waals surface area contributed by atoms with Gasteiger partial charge in [0.25, 0.3) is 0 Å². The number of hydrogen-bond acceptors (Lipinski definition) is 3. The lowest BCUT2D eigenvalue weighted by atomic mass is 9.95. The standard InChI is InChI=1S/C11H16ClN3/c1-11(7-13,8-2-3-8)15-10-4-5-14-6-9(10)12/h4-6,8H,2-3,7,13H2,1H3,(H,14,15). The number of aromatic nitrogens is 1. The molecule has 1 unspecified atom stereocenters. The maximum absolute atomic E-state index is 6.05. The van der Waals surface area contributed by atoms with Crippen molar-refractivity contribution in [2.24, 2.45) is 11.7 Å². The fourth-order valence-corrected chi connectivity index (χ4v) is 1.99. The normalized spacial score (nSPS) is 19.7. The molecule has 1 aliphatic rings. The van der Waals surface area contributed by atoms with Crippen LogP contribution in [0, 0.1) is 5.92 Å². The molecule has 3 nitrogen and oxygen atoms in total. The van der Waals surface area contributed by atoms with Gasteiger partial charge < -0.3 is 11.1 Å². The molecule has 0 aromatic carbocycles. The first-order chi connectivity index (χ1) is 7.15. The Morgan fingerprint density at radius 2 is 2.40 bits per heavy atom. The first kappa shape index (κ1) is 10.7. The van der Waals surface area contributed by atoms with Crippen molar-refractivity contribution >= 4 is 17.3 Å². The zero-order chi connectivity index (χ0) is 10.9. The number of halogens is 1. The Labute approximate surface area is 95.0 Å². The van der Waals surface area contributed by atoms with Crippen LogP contribution in [0.1, 0.15) is 19.8 Å². The highest BCUT2D eigenvalue weighted by molar-refractivity contribution is 6.33. The SMILES string of the molecule is CC(CN)(Nc1ccncc1Cl)C1CC1. The van der Waals surface area contributed by atoms with Gasteiger partial charge >= 0.3 is 0 Å². The molecule has 4 heteroatoms. The maximum atomic E-state index is 6.05. The number of nitrogens with zero attached hydrogens (tertiary/aromatic N) is 1. The van der Waals surface area contributed by atoms with Crippen LogP contribution in [0.25, 0.3) is 0 Å². The van der Waals surface area contributed by atoms with Crippen LogP contribution in [0.2, 0.25) is 5.02 Å². The first-order valence-corrected chi connectivity index (χ1v) is 5.61. The molecule has 0 saturated heterocycles. The molecule has 1 saturated carbocycles. The Morgan fingerprint density at radius 3 is 2.93 bits per heavy atom. The fraction of sp³-hybridized carbons (Fsp3) is 0.545. The second kappa shape index (κ2) is 3.99. The van der Waals surface area contributed by atoms with Crippen molar-refractivity contribution in [3.8, 4) is 0 Å². The third kappa shape index (κ3) is 2.24. The van der Waals surface area contributed by atoms with E-state index in [2.05, 4.69) is 17.2 Å². The summed E-state index contributed by atoms with van der Waals surface area (Å²) in [5.74, 6) is 0.673. The van der Waals surface area contributed by atoms with Crippen LogP contribution in [0.3, 0.4) is 0 Å². The fourth-order valence-electron chi connectivity index (χ4n) is 1.82. The Hall–Kier alpha value is -0.800. The molecule has 1 atom stereocenters. The Kier molecular flexibility index (Phi) is 2.85. The van der Waals surface area contributed by atoms with Gasteiger partial charge in [-0.1, -0.05) is 11.6 Å². The predicted octanol–water partition coefficient (Wildman–Crippen LogP) is 2.27. The highest BCUT2D eigenvalue weighted by atomic mass is 35.5. The summed E-state index contributed by atoms with van der Waals surface area (Å²) in [7, 11) is 0. The largest absolute Gasteiger partial charge is 0.377 e. The lowest BCUT2D eigenvalue weighted by Crippen LogP contribution is -2.44. The van der Waals surface area contributed by atoms with Gasteiger partial charge in [0.1, 0.15) is 0 Å². The van der Waals surface area contributed by atoms with Gasteiger partial charge in [-0.3, -0.25) is 4.98 Å². The summed E-state index contributed by atoms with van der Waals surface area (Å²) in [5, 5.41) is 4.09. The van der Waals surface area contributed by atoms with E-state index < -0.39 is 0 Å². The van der Waals surface area contributed by atoms with E-state index in [9.17, 15) is 0 Å². The van der Waals surface area contributed by atoms with Crippen molar-refractivity contribution in [3.05, 3.63) is 23.5 Å². The minimum absolute atomic E-state index is 0.0367. The van der Waals surface area contributed by atoms with Gasteiger partial charge in [-0.15, -0.1) is 0 Å². The quantitative estimate of drug-likeness (QED) is 0.827. The van der Waals surface area contributed by atoms with Crippen LogP contribution in [-0.4, -0.2) is 17.1 Å². The lowest BCUT2D eigenvalue weighted by molar-refractivity contribution is 0.459. The van der Waals surface area contributed by atoms with Crippen LogP contribution in [0.15, 0.2) is 18.5 Å². The van der Waals surface area contributed by atoms with Crippen molar-refractivity contribution in [2.45, 2.75) is 25.3 Å². The summed E-state index contributed by atoms with van der Waals surface area (Å²) in [5.41, 5.74) is 6.71. The molecule has 3 N–H and O–H groups in total. The van der Waals surface area contributed by atoms with Crippen molar-refractivity contribution < 1.29 is 0 Å². The summed E-state index contributed by atoms with van der Waals surface area (Å²) < 4.78 is 0. The van der Waals surface area contributed by atoms with E-state index in [1.165, 1.54) is 12.8 Å². The summed E-state index contributed by atoms with van der Waals surface area (Å²) in [6.45, 7) is 2.78. The maximum Gasteiger partial charge on any atom is 0.0820 e. The summed E-state index contributed by atoms with van der Waals surface area (Å²) in [6, 6.07) is 1.89. The molecule has 1 aromatic rings. The molecule has 1 aliphatic carbocycles. The Balaban J connectivity index is 2.16. The monoisotopic (exact) mass is 225 g/mol. The average Bonchev–Trinajstić information content (AvgIpc) is 3.05. The molecule has 0 amide bonds. The molecule has 2 rings (SSSR count). The molecular formula is C11H16ClN3. The molecule has 0 aliphatic heterocycles. The van der Waals surface area contributed by atoms with Crippen molar-refractivity contribution in [1.29, 1.82) is 0 Å². The van der Waals surface area contributed by atoms with Crippen LogP contribution in [-0.2, 0) is 0 Å². The van der Waals surface area contributed by atoms with E-state index in [1.54, 1.807) is 12.4 Å². The number of nitrogens with one attached hydrogen (secondary N) is 1. The highest BCUT2D eigenvalue weighted by Gasteiger charge is 2.40.